The number of piperidine rings is 1. The SMILES string of the molecule is CCOc1ccccc1CCNC(=O)c1csc(C2CCN(C(=O)c3ccc(OC(C)C)cc3)CC2)n1. The molecule has 3 aromatic rings. The molecule has 7 nitrogen and oxygen atoms in total. The molecule has 1 aliphatic rings. The van der Waals surface area contributed by atoms with Crippen LogP contribution >= 0.6 is 11.3 Å². The third-order valence-corrected chi connectivity index (χ3v) is 7.32. The average molecular weight is 522 g/mol. The lowest BCUT2D eigenvalue weighted by molar-refractivity contribution is 0.0713. The summed E-state index contributed by atoms with van der Waals surface area (Å²) in [4.78, 5) is 32.1. The highest BCUT2D eigenvalue weighted by molar-refractivity contribution is 7.09. The van der Waals surface area contributed by atoms with Crippen molar-refractivity contribution in [2.45, 2.75) is 52.1 Å². The van der Waals surface area contributed by atoms with Crippen LogP contribution in [0.3, 0.4) is 0 Å². The van der Waals surface area contributed by atoms with Crippen LogP contribution in [0.1, 0.15) is 70.9 Å². The minimum Gasteiger partial charge on any atom is -0.494 e. The van der Waals surface area contributed by atoms with Gasteiger partial charge in [0.15, 0.2) is 0 Å². The number of nitrogens with one attached hydrogen (secondary N) is 1. The number of rotatable bonds is 10. The Hall–Kier alpha value is -3.39. The number of carbonyl (C=O) groups excluding carboxylic acids is 2. The molecule has 1 aromatic heterocycles. The summed E-state index contributed by atoms with van der Waals surface area (Å²) in [6, 6.07) is 15.2. The number of para-hydroxylation sites is 1. The molecule has 0 spiro atoms. The van der Waals surface area contributed by atoms with E-state index in [2.05, 4.69) is 10.3 Å². The summed E-state index contributed by atoms with van der Waals surface area (Å²) in [5.41, 5.74) is 2.21. The Kier molecular flexibility index (Phi) is 9.17. The molecule has 8 heteroatoms. The number of benzene rings is 2. The fraction of sp³-hybridized carbons (Fsp3) is 0.414. The van der Waals surface area contributed by atoms with Crippen molar-refractivity contribution < 1.29 is 19.1 Å². The molecule has 2 heterocycles. The molecule has 0 bridgehead atoms. The van der Waals surface area contributed by atoms with Crippen molar-refractivity contribution in [2.75, 3.05) is 26.2 Å². The van der Waals surface area contributed by atoms with Gasteiger partial charge in [0.05, 0.1) is 17.7 Å². The van der Waals surface area contributed by atoms with E-state index in [4.69, 9.17) is 9.47 Å². The maximum absolute atomic E-state index is 12.9. The Labute approximate surface area is 222 Å². The number of likely N-dealkylation sites (tertiary alicyclic amines) is 1. The second-order valence-corrected chi connectivity index (χ2v) is 10.3. The van der Waals surface area contributed by atoms with E-state index in [0.29, 0.717) is 43.9 Å². The fourth-order valence-corrected chi connectivity index (χ4v) is 5.42. The van der Waals surface area contributed by atoms with Crippen molar-refractivity contribution in [3.05, 3.63) is 75.7 Å². The van der Waals surface area contributed by atoms with Crippen molar-refractivity contribution in [2.24, 2.45) is 0 Å². The third kappa shape index (κ3) is 7.10. The molecule has 2 amide bonds. The van der Waals surface area contributed by atoms with Gasteiger partial charge in [0, 0.05) is 36.5 Å². The van der Waals surface area contributed by atoms with Gasteiger partial charge in [0.1, 0.15) is 17.2 Å². The van der Waals surface area contributed by atoms with Crippen molar-refractivity contribution >= 4 is 23.2 Å². The van der Waals surface area contributed by atoms with Crippen LogP contribution < -0.4 is 14.8 Å². The first-order valence-corrected chi connectivity index (χ1v) is 13.8. The Morgan fingerprint density at radius 1 is 1.11 bits per heavy atom. The molecular formula is C29H35N3O4S. The topological polar surface area (TPSA) is 80.8 Å². The zero-order valence-corrected chi connectivity index (χ0v) is 22.6. The molecule has 37 heavy (non-hydrogen) atoms. The van der Waals surface area contributed by atoms with E-state index in [0.717, 1.165) is 34.9 Å². The lowest BCUT2D eigenvalue weighted by Gasteiger charge is -2.31. The van der Waals surface area contributed by atoms with Gasteiger partial charge < -0.3 is 19.7 Å². The number of thiazole rings is 1. The van der Waals surface area contributed by atoms with E-state index in [-0.39, 0.29) is 23.8 Å². The standard InChI is InChI=1S/C29H35N3O4S/c1-4-35-26-8-6-5-7-21(26)13-16-30-27(33)25-19-37-28(31-25)22-14-17-32(18-15-22)29(34)23-9-11-24(12-10-23)36-20(2)3/h5-12,19-20,22H,4,13-18H2,1-3H3,(H,30,33). The van der Waals surface area contributed by atoms with Gasteiger partial charge in [-0.3, -0.25) is 9.59 Å². The number of hydrogen-bond donors (Lipinski definition) is 1. The molecule has 2 aromatic carbocycles. The molecule has 1 aliphatic heterocycles. The molecule has 4 rings (SSSR count). The minimum atomic E-state index is -0.158. The van der Waals surface area contributed by atoms with Crippen molar-refractivity contribution in [3.8, 4) is 11.5 Å². The second-order valence-electron chi connectivity index (χ2n) is 9.38. The van der Waals surface area contributed by atoms with Crippen molar-refractivity contribution in [1.82, 2.24) is 15.2 Å². The van der Waals surface area contributed by atoms with E-state index < -0.39 is 0 Å². The number of amides is 2. The molecule has 0 saturated carbocycles. The number of carbonyl (C=O) groups is 2. The van der Waals surface area contributed by atoms with Crippen molar-refractivity contribution in [1.29, 1.82) is 0 Å². The highest BCUT2D eigenvalue weighted by Crippen LogP contribution is 2.31. The monoisotopic (exact) mass is 521 g/mol. The molecule has 0 atom stereocenters. The molecule has 1 N–H and O–H groups in total. The summed E-state index contributed by atoms with van der Waals surface area (Å²) >= 11 is 1.53. The van der Waals surface area contributed by atoms with Crippen LogP contribution in [0.4, 0.5) is 0 Å². The summed E-state index contributed by atoms with van der Waals surface area (Å²) in [5.74, 6) is 1.77. The Bertz CT molecular complexity index is 1180. The highest BCUT2D eigenvalue weighted by atomic mass is 32.1. The zero-order chi connectivity index (χ0) is 26.2. The van der Waals surface area contributed by atoms with Crippen LogP contribution in [0.2, 0.25) is 0 Å². The quantitative estimate of drug-likeness (QED) is 0.391. The number of aromatic nitrogens is 1. The molecule has 1 fully saturated rings. The van der Waals surface area contributed by atoms with Crippen LogP contribution in [0.5, 0.6) is 11.5 Å². The van der Waals surface area contributed by atoms with Gasteiger partial charge in [-0.15, -0.1) is 11.3 Å². The van der Waals surface area contributed by atoms with Crippen molar-refractivity contribution in [3.63, 3.8) is 0 Å². The summed E-state index contributed by atoms with van der Waals surface area (Å²) in [5, 5.41) is 5.77. The van der Waals surface area contributed by atoms with Gasteiger partial charge in [0.25, 0.3) is 11.8 Å². The van der Waals surface area contributed by atoms with E-state index in [1.54, 1.807) is 0 Å². The number of ether oxygens (including phenoxy) is 2. The van der Waals surface area contributed by atoms with Gasteiger partial charge in [-0.1, -0.05) is 18.2 Å². The minimum absolute atomic E-state index is 0.0414. The second kappa shape index (κ2) is 12.7. The van der Waals surface area contributed by atoms with Gasteiger partial charge in [0.2, 0.25) is 0 Å². The highest BCUT2D eigenvalue weighted by Gasteiger charge is 2.27. The van der Waals surface area contributed by atoms with Crippen LogP contribution in [0.25, 0.3) is 0 Å². The number of nitrogens with zero attached hydrogens (tertiary/aromatic N) is 2. The van der Waals surface area contributed by atoms with Gasteiger partial charge >= 0.3 is 0 Å². The first-order valence-electron chi connectivity index (χ1n) is 12.9. The lowest BCUT2D eigenvalue weighted by atomic mass is 9.97. The van der Waals surface area contributed by atoms with Gasteiger partial charge in [-0.05, 0) is 75.9 Å². The first kappa shape index (κ1) is 26.7. The lowest BCUT2D eigenvalue weighted by Crippen LogP contribution is -2.37. The molecule has 196 valence electrons. The van der Waals surface area contributed by atoms with Gasteiger partial charge in [-0.25, -0.2) is 4.98 Å². The first-order chi connectivity index (χ1) is 17.9. The summed E-state index contributed by atoms with van der Waals surface area (Å²) in [6.45, 7) is 8.39. The van der Waals surface area contributed by atoms with Crippen LogP contribution in [-0.2, 0) is 6.42 Å². The number of hydrogen-bond acceptors (Lipinski definition) is 6. The Morgan fingerprint density at radius 2 is 1.84 bits per heavy atom. The van der Waals surface area contributed by atoms with Gasteiger partial charge in [-0.2, -0.15) is 0 Å². The summed E-state index contributed by atoms with van der Waals surface area (Å²) in [6.07, 6.45) is 2.46. The van der Waals surface area contributed by atoms with Crippen LogP contribution in [0, 0.1) is 0 Å². The summed E-state index contributed by atoms with van der Waals surface area (Å²) in [7, 11) is 0. The maximum Gasteiger partial charge on any atom is 0.270 e. The molecule has 1 saturated heterocycles. The predicted molar refractivity (Wildman–Crippen MR) is 146 cm³/mol. The fourth-order valence-electron chi connectivity index (χ4n) is 4.45. The Morgan fingerprint density at radius 3 is 2.54 bits per heavy atom. The predicted octanol–water partition coefficient (Wildman–Crippen LogP) is 5.32. The molecule has 0 unspecified atom stereocenters. The maximum atomic E-state index is 12.9. The van der Waals surface area contributed by atoms with Crippen LogP contribution in [0.15, 0.2) is 53.9 Å². The molecule has 0 aliphatic carbocycles. The van der Waals surface area contributed by atoms with E-state index in [1.165, 1.54) is 11.3 Å². The average Bonchev–Trinajstić information content (AvgIpc) is 3.40. The van der Waals surface area contributed by atoms with E-state index in [9.17, 15) is 9.59 Å². The van der Waals surface area contributed by atoms with Crippen LogP contribution in [-0.4, -0.2) is 54.0 Å². The van der Waals surface area contributed by atoms with E-state index in [1.807, 2.05) is 79.6 Å². The zero-order valence-electron chi connectivity index (χ0n) is 21.7. The third-order valence-electron chi connectivity index (χ3n) is 6.31. The summed E-state index contributed by atoms with van der Waals surface area (Å²) < 4.78 is 11.3. The Balaban J connectivity index is 1.25. The normalized spacial score (nSPS) is 14.0. The van der Waals surface area contributed by atoms with E-state index >= 15 is 0 Å². The largest absolute Gasteiger partial charge is 0.494 e. The smallest absolute Gasteiger partial charge is 0.270 e. The molecule has 0 radical (unpaired) electrons. The molecular weight excluding hydrogens is 486 g/mol.